The van der Waals surface area contributed by atoms with Crippen LogP contribution < -0.4 is 10.6 Å². The van der Waals surface area contributed by atoms with Crippen LogP contribution in [0, 0.1) is 0 Å². The van der Waals surface area contributed by atoms with Crippen molar-refractivity contribution in [3.05, 3.63) is 24.0 Å². The Kier molecular flexibility index (Phi) is 4.83. The summed E-state index contributed by atoms with van der Waals surface area (Å²) in [7, 11) is 0. The molecule has 0 unspecified atom stereocenters. The molecule has 1 amide bonds. The molecule has 0 saturated heterocycles. The first-order valence-corrected chi connectivity index (χ1v) is 6.47. The molecule has 2 N–H and O–H groups in total. The molecule has 2 rings (SSSR count). The van der Waals surface area contributed by atoms with Crippen LogP contribution in [0.4, 0.5) is 5.95 Å². The van der Waals surface area contributed by atoms with Gasteiger partial charge in [-0.05, 0) is 18.5 Å². The second-order valence-corrected chi connectivity index (χ2v) is 4.17. The Morgan fingerprint density at radius 1 is 1.40 bits per heavy atom. The van der Waals surface area contributed by atoms with E-state index in [-0.39, 0.29) is 11.2 Å². The molecule has 0 fully saturated rings. The lowest BCUT2D eigenvalue weighted by Gasteiger charge is -2.07. The summed E-state index contributed by atoms with van der Waals surface area (Å²) in [6, 6.07) is 0. The second kappa shape index (κ2) is 6.80. The van der Waals surface area contributed by atoms with E-state index in [9.17, 15) is 4.79 Å². The van der Waals surface area contributed by atoms with Crippen molar-refractivity contribution in [2.24, 2.45) is 0 Å². The average molecular weight is 296 g/mol. The van der Waals surface area contributed by atoms with Crippen molar-refractivity contribution in [2.75, 3.05) is 18.4 Å². The Balaban J connectivity index is 2.00. The maximum absolute atomic E-state index is 11.3. The van der Waals surface area contributed by atoms with E-state index < -0.39 is 0 Å². The third kappa shape index (κ3) is 3.89. The molecular formula is C11H14ClN7O. The van der Waals surface area contributed by atoms with Gasteiger partial charge >= 0.3 is 0 Å². The largest absolute Gasteiger partial charge is 0.356 e. The fourth-order valence-electron chi connectivity index (χ4n) is 1.48. The highest BCUT2D eigenvalue weighted by Crippen LogP contribution is 2.09. The third-order valence-electron chi connectivity index (χ3n) is 2.34. The van der Waals surface area contributed by atoms with Gasteiger partial charge in [0.25, 0.3) is 0 Å². The standard InChI is InChI=1S/C11H14ClN7O/c1-2-14-8(20)3-4-15-10-16-9(12)17-11(18-10)19-6-5-13-7-19/h5-7H,2-4H2,1H3,(H,14,20)(H,15,16,17,18). The lowest BCUT2D eigenvalue weighted by atomic mass is 10.4. The molecule has 0 saturated carbocycles. The van der Waals surface area contributed by atoms with Gasteiger partial charge < -0.3 is 10.6 Å². The van der Waals surface area contributed by atoms with Gasteiger partial charge in [-0.2, -0.15) is 15.0 Å². The van der Waals surface area contributed by atoms with E-state index in [1.807, 2.05) is 6.92 Å². The maximum atomic E-state index is 11.3. The summed E-state index contributed by atoms with van der Waals surface area (Å²) in [5.74, 6) is 0.649. The van der Waals surface area contributed by atoms with Crippen LogP contribution in [0.15, 0.2) is 18.7 Å². The summed E-state index contributed by atoms with van der Waals surface area (Å²) < 4.78 is 1.61. The fourth-order valence-corrected chi connectivity index (χ4v) is 1.64. The number of imidazole rings is 1. The highest BCUT2D eigenvalue weighted by Gasteiger charge is 2.07. The van der Waals surface area contributed by atoms with Gasteiger partial charge in [-0.3, -0.25) is 9.36 Å². The zero-order chi connectivity index (χ0) is 14.4. The van der Waals surface area contributed by atoms with Gasteiger partial charge in [0, 0.05) is 31.9 Å². The number of hydrogen-bond donors (Lipinski definition) is 2. The molecule has 2 aromatic heterocycles. The molecule has 9 heteroatoms. The molecule has 0 atom stereocenters. The molecule has 106 valence electrons. The number of carbonyl (C=O) groups is 1. The monoisotopic (exact) mass is 295 g/mol. The smallest absolute Gasteiger partial charge is 0.241 e. The van der Waals surface area contributed by atoms with E-state index in [1.54, 1.807) is 23.3 Å². The van der Waals surface area contributed by atoms with E-state index in [4.69, 9.17) is 11.6 Å². The average Bonchev–Trinajstić information content (AvgIpc) is 2.92. The number of amides is 1. The summed E-state index contributed by atoms with van der Waals surface area (Å²) in [6.45, 7) is 2.89. The lowest BCUT2D eigenvalue weighted by molar-refractivity contribution is -0.120. The summed E-state index contributed by atoms with van der Waals surface area (Å²) >= 11 is 5.84. The topological polar surface area (TPSA) is 97.6 Å². The molecule has 0 radical (unpaired) electrons. The van der Waals surface area contributed by atoms with Crippen LogP contribution >= 0.6 is 11.6 Å². The van der Waals surface area contributed by atoms with Gasteiger partial charge in [0.05, 0.1) is 0 Å². The summed E-state index contributed by atoms with van der Waals surface area (Å²) in [5, 5.41) is 5.72. The van der Waals surface area contributed by atoms with Crippen molar-refractivity contribution in [3.63, 3.8) is 0 Å². The molecule has 0 aliphatic rings. The van der Waals surface area contributed by atoms with Gasteiger partial charge in [0.15, 0.2) is 0 Å². The van der Waals surface area contributed by atoms with Crippen molar-refractivity contribution >= 4 is 23.5 Å². The minimum Gasteiger partial charge on any atom is -0.356 e. The minimum atomic E-state index is -0.0324. The number of nitrogens with zero attached hydrogens (tertiary/aromatic N) is 5. The van der Waals surface area contributed by atoms with Crippen LogP contribution in [0.1, 0.15) is 13.3 Å². The summed E-state index contributed by atoms with van der Waals surface area (Å²) in [6.07, 6.45) is 5.20. The predicted octanol–water partition coefficient (Wildman–Crippen LogP) is 0.649. The predicted molar refractivity (Wildman–Crippen MR) is 73.7 cm³/mol. The summed E-state index contributed by atoms with van der Waals surface area (Å²) in [5.41, 5.74) is 0. The molecule has 0 bridgehead atoms. The number of hydrogen-bond acceptors (Lipinski definition) is 6. The molecule has 8 nitrogen and oxygen atoms in total. The van der Waals surface area contributed by atoms with Crippen molar-refractivity contribution < 1.29 is 4.79 Å². The Bertz CT molecular complexity index is 572. The molecule has 2 aromatic rings. The maximum Gasteiger partial charge on any atom is 0.241 e. The molecule has 20 heavy (non-hydrogen) atoms. The van der Waals surface area contributed by atoms with Crippen LogP contribution in [0.2, 0.25) is 5.28 Å². The third-order valence-corrected chi connectivity index (χ3v) is 2.51. The molecule has 0 aromatic carbocycles. The molecule has 0 spiro atoms. The first-order chi connectivity index (χ1) is 9.69. The van der Waals surface area contributed by atoms with Gasteiger partial charge in [0.1, 0.15) is 6.33 Å². The van der Waals surface area contributed by atoms with Gasteiger partial charge in [0.2, 0.25) is 23.1 Å². The Morgan fingerprint density at radius 2 is 2.25 bits per heavy atom. The van der Waals surface area contributed by atoms with Crippen molar-refractivity contribution in [3.8, 4) is 5.95 Å². The highest BCUT2D eigenvalue weighted by atomic mass is 35.5. The van der Waals surface area contributed by atoms with Crippen LogP contribution in [0.3, 0.4) is 0 Å². The first kappa shape index (κ1) is 14.2. The zero-order valence-corrected chi connectivity index (χ0v) is 11.6. The second-order valence-electron chi connectivity index (χ2n) is 3.83. The SMILES string of the molecule is CCNC(=O)CCNc1nc(Cl)nc(-n2ccnc2)n1. The number of anilines is 1. The quantitative estimate of drug-likeness (QED) is 0.812. The van der Waals surface area contributed by atoms with Gasteiger partial charge in [-0.1, -0.05) is 0 Å². The minimum absolute atomic E-state index is 0.0324. The van der Waals surface area contributed by atoms with Crippen LogP contribution in [-0.2, 0) is 4.79 Å². The number of carbonyl (C=O) groups excluding carboxylic acids is 1. The lowest BCUT2D eigenvalue weighted by Crippen LogP contribution is -2.25. The Morgan fingerprint density at radius 3 is 2.95 bits per heavy atom. The molecule has 0 aliphatic heterocycles. The van der Waals surface area contributed by atoms with Crippen LogP contribution in [0.25, 0.3) is 5.95 Å². The summed E-state index contributed by atoms with van der Waals surface area (Å²) in [4.78, 5) is 27.4. The zero-order valence-electron chi connectivity index (χ0n) is 10.9. The van der Waals surface area contributed by atoms with Crippen molar-refractivity contribution in [2.45, 2.75) is 13.3 Å². The molecular weight excluding hydrogens is 282 g/mol. The van der Waals surface area contributed by atoms with Gasteiger partial charge in [-0.25, -0.2) is 4.98 Å². The van der Waals surface area contributed by atoms with E-state index in [0.29, 0.717) is 31.4 Å². The van der Waals surface area contributed by atoms with Crippen LogP contribution in [-0.4, -0.2) is 43.5 Å². The number of rotatable bonds is 6. The van der Waals surface area contributed by atoms with E-state index in [0.717, 1.165) is 0 Å². The highest BCUT2D eigenvalue weighted by molar-refractivity contribution is 6.28. The van der Waals surface area contributed by atoms with E-state index in [1.165, 1.54) is 0 Å². The van der Waals surface area contributed by atoms with Crippen molar-refractivity contribution in [1.29, 1.82) is 0 Å². The number of aromatic nitrogens is 5. The fraction of sp³-hybridized carbons (Fsp3) is 0.364. The molecule has 2 heterocycles. The Labute approximate surface area is 120 Å². The normalized spacial score (nSPS) is 10.3. The van der Waals surface area contributed by atoms with E-state index >= 15 is 0 Å². The van der Waals surface area contributed by atoms with Crippen LogP contribution in [0.5, 0.6) is 0 Å². The molecule has 0 aliphatic carbocycles. The number of nitrogens with one attached hydrogen (secondary N) is 2. The Hall–Kier alpha value is -2.22. The number of halogens is 1. The van der Waals surface area contributed by atoms with Gasteiger partial charge in [-0.15, -0.1) is 0 Å². The van der Waals surface area contributed by atoms with E-state index in [2.05, 4.69) is 30.6 Å². The first-order valence-electron chi connectivity index (χ1n) is 6.09. The van der Waals surface area contributed by atoms with Crippen molar-refractivity contribution in [1.82, 2.24) is 29.8 Å².